The molecular formula is C24H23F2N5O. The molecule has 0 aliphatic carbocycles. The summed E-state index contributed by atoms with van der Waals surface area (Å²) in [5.41, 5.74) is 2.79. The number of hydrogen-bond donors (Lipinski definition) is 3. The number of carbonyl (C=O) groups is 1. The van der Waals surface area contributed by atoms with Crippen LogP contribution < -0.4 is 10.6 Å². The summed E-state index contributed by atoms with van der Waals surface area (Å²) in [5.74, 6) is -0.310. The minimum atomic E-state index is -0.444. The highest BCUT2D eigenvalue weighted by atomic mass is 19.1. The maximum absolute atomic E-state index is 13.7. The van der Waals surface area contributed by atoms with Crippen LogP contribution in [0, 0.1) is 11.6 Å². The average molecular weight is 435 g/mol. The number of imidazole rings is 1. The number of amides is 1. The van der Waals surface area contributed by atoms with Gasteiger partial charge in [0.1, 0.15) is 17.2 Å². The second-order valence-electron chi connectivity index (χ2n) is 7.38. The molecule has 2 aromatic heterocycles. The van der Waals surface area contributed by atoms with Gasteiger partial charge < -0.3 is 15.6 Å². The van der Waals surface area contributed by atoms with Crippen LogP contribution in [0.15, 0.2) is 60.8 Å². The van der Waals surface area contributed by atoms with Crippen molar-refractivity contribution in [1.82, 2.24) is 25.6 Å². The lowest BCUT2D eigenvalue weighted by atomic mass is 10.1. The van der Waals surface area contributed by atoms with Gasteiger partial charge in [-0.15, -0.1) is 0 Å². The monoisotopic (exact) mass is 435 g/mol. The molecule has 1 amide bonds. The number of para-hydroxylation sites is 1. The molecule has 0 fully saturated rings. The molecule has 2 heterocycles. The smallest absolute Gasteiger partial charge is 0.251 e. The number of nitrogens with one attached hydrogen (secondary N) is 3. The fraction of sp³-hybridized carbons (Fsp3) is 0.208. The van der Waals surface area contributed by atoms with Crippen molar-refractivity contribution in [3.05, 3.63) is 95.1 Å². The molecule has 0 saturated carbocycles. The maximum atomic E-state index is 13.7. The molecule has 0 saturated heterocycles. The summed E-state index contributed by atoms with van der Waals surface area (Å²) in [6, 6.07) is 15.0. The van der Waals surface area contributed by atoms with Crippen LogP contribution in [0.4, 0.5) is 8.78 Å². The van der Waals surface area contributed by atoms with E-state index in [1.54, 1.807) is 18.2 Å². The van der Waals surface area contributed by atoms with Gasteiger partial charge in [-0.1, -0.05) is 18.2 Å². The van der Waals surface area contributed by atoms with E-state index >= 15 is 0 Å². The molecule has 8 heteroatoms. The number of aromatic amines is 1. The Balaban J connectivity index is 1.23. The molecular weight excluding hydrogens is 412 g/mol. The number of benzene rings is 2. The summed E-state index contributed by atoms with van der Waals surface area (Å²) in [5, 5.41) is 6.04. The summed E-state index contributed by atoms with van der Waals surface area (Å²) in [7, 11) is 0. The standard InChI is InChI=1S/C24H23F2N5O/c25-18-7-3-11-28-21(18)15-29-24(32)17-5-1-4-16(14-17)9-12-27-13-10-22-30-20-8-2-6-19(26)23(20)31-22/h1-8,11,14,27H,9-10,12-13,15H2,(H,29,32)(H,30,31). The molecule has 164 valence electrons. The third kappa shape index (κ3) is 5.33. The van der Waals surface area contributed by atoms with E-state index in [0.717, 1.165) is 24.4 Å². The third-order valence-corrected chi connectivity index (χ3v) is 5.08. The van der Waals surface area contributed by atoms with E-state index in [0.29, 0.717) is 29.6 Å². The number of aromatic nitrogens is 3. The molecule has 0 aliphatic rings. The first-order chi connectivity index (χ1) is 15.6. The minimum absolute atomic E-state index is 0.0307. The molecule has 0 bridgehead atoms. The number of H-pyrrole nitrogens is 1. The average Bonchev–Trinajstić information content (AvgIpc) is 3.23. The van der Waals surface area contributed by atoms with Crippen molar-refractivity contribution < 1.29 is 13.6 Å². The lowest BCUT2D eigenvalue weighted by molar-refractivity contribution is 0.0950. The topological polar surface area (TPSA) is 82.7 Å². The highest BCUT2D eigenvalue weighted by molar-refractivity contribution is 5.94. The number of pyridine rings is 1. The fourth-order valence-electron chi connectivity index (χ4n) is 3.41. The van der Waals surface area contributed by atoms with E-state index in [4.69, 9.17) is 0 Å². The zero-order chi connectivity index (χ0) is 22.3. The van der Waals surface area contributed by atoms with Crippen molar-refractivity contribution in [2.75, 3.05) is 13.1 Å². The Morgan fingerprint density at radius 3 is 2.62 bits per heavy atom. The van der Waals surface area contributed by atoms with Crippen LogP contribution in [0.25, 0.3) is 11.0 Å². The number of fused-ring (bicyclic) bond motifs is 1. The first-order valence-corrected chi connectivity index (χ1v) is 10.4. The predicted octanol–water partition coefficient (Wildman–Crippen LogP) is 3.54. The first-order valence-electron chi connectivity index (χ1n) is 10.4. The number of rotatable bonds is 9. The van der Waals surface area contributed by atoms with Gasteiger partial charge in [-0.05, 0) is 54.9 Å². The van der Waals surface area contributed by atoms with E-state index < -0.39 is 5.82 Å². The van der Waals surface area contributed by atoms with E-state index in [9.17, 15) is 13.6 Å². The lowest BCUT2D eigenvalue weighted by Crippen LogP contribution is -2.24. The van der Waals surface area contributed by atoms with Gasteiger partial charge in [-0.3, -0.25) is 9.78 Å². The molecule has 0 atom stereocenters. The van der Waals surface area contributed by atoms with Crippen molar-refractivity contribution in [3.8, 4) is 0 Å². The zero-order valence-corrected chi connectivity index (χ0v) is 17.4. The quantitative estimate of drug-likeness (QED) is 0.351. The zero-order valence-electron chi connectivity index (χ0n) is 17.4. The number of halogens is 2. The van der Waals surface area contributed by atoms with Crippen molar-refractivity contribution in [3.63, 3.8) is 0 Å². The van der Waals surface area contributed by atoms with Crippen LogP contribution >= 0.6 is 0 Å². The van der Waals surface area contributed by atoms with Crippen molar-refractivity contribution in [1.29, 1.82) is 0 Å². The Morgan fingerprint density at radius 1 is 0.969 bits per heavy atom. The summed E-state index contributed by atoms with van der Waals surface area (Å²) in [6.45, 7) is 1.44. The summed E-state index contributed by atoms with van der Waals surface area (Å²) in [6.07, 6.45) is 2.89. The van der Waals surface area contributed by atoms with Crippen LogP contribution in [0.5, 0.6) is 0 Å². The van der Waals surface area contributed by atoms with Gasteiger partial charge >= 0.3 is 0 Å². The molecule has 4 rings (SSSR count). The van der Waals surface area contributed by atoms with Crippen molar-refractivity contribution >= 4 is 16.9 Å². The Bertz CT molecular complexity index is 1220. The molecule has 6 nitrogen and oxygen atoms in total. The van der Waals surface area contributed by atoms with Gasteiger partial charge in [0.25, 0.3) is 5.91 Å². The summed E-state index contributed by atoms with van der Waals surface area (Å²) in [4.78, 5) is 23.8. The Hall–Kier alpha value is -3.65. The van der Waals surface area contributed by atoms with Crippen molar-refractivity contribution in [2.24, 2.45) is 0 Å². The third-order valence-electron chi connectivity index (χ3n) is 5.08. The second kappa shape index (κ2) is 10.1. The SMILES string of the molecule is O=C(NCc1ncccc1F)c1cccc(CCNCCc2nc3c(F)cccc3[nH]2)c1. The second-order valence-corrected chi connectivity index (χ2v) is 7.38. The Morgan fingerprint density at radius 2 is 1.78 bits per heavy atom. The van der Waals surface area contributed by atoms with E-state index in [-0.39, 0.29) is 24.0 Å². The predicted molar refractivity (Wildman–Crippen MR) is 118 cm³/mol. The van der Waals surface area contributed by atoms with Crippen LogP contribution in [0.2, 0.25) is 0 Å². The lowest BCUT2D eigenvalue weighted by Gasteiger charge is -2.08. The van der Waals surface area contributed by atoms with Crippen LogP contribution in [-0.4, -0.2) is 33.9 Å². The highest BCUT2D eigenvalue weighted by Gasteiger charge is 2.09. The van der Waals surface area contributed by atoms with Gasteiger partial charge in [-0.25, -0.2) is 13.8 Å². The maximum Gasteiger partial charge on any atom is 0.251 e. The number of carbonyl (C=O) groups excluding carboxylic acids is 1. The van der Waals surface area contributed by atoms with Crippen LogP contribution in [-0.2, 0) is 19.4 Å². The summed E-state index contributed by atoms with van der Waals surface area (Å²) < 4.78 is 27.4. The molecule has 2 aromatic carbocycles. The Kier molecular flexibility index (Phi) is 6.81. The molecule has 32 heavy (non-hydrogen) atoms. The number of nitrogens with zero attached hydrogens (tertiary/aromatic N) is 2. The molecule has 0 aliphatic heterocycles. The van der Waals surface area contributed by atoms with Gasteiger partial charge in [0, 0.05) is 24.7 Å². The minimum Gasteiger partial charge on any atom is -0.346 e. The summed E-state index contributed by atoms with van der Waals surface area (Å²) >= 11 is 0. The molecule has 0 spiro atoms. The van der Waals surface area contributed by atoms with E-state index in [1.807, 2.05) is 18.2 Å². The van der Waals surface area contributed by atoms with Gasteiger partial charge in [0.2, 0.25) is 0 Å². The van der Waals surface area contributed by atoms with E-state index in [1.165, 1.54) is 24.4 Å². The van der Waals surface area contributed by atoms with Gasteiger partial charge in [-0.2, -0.15) is 0 Å². The Labute approximate surface area is 184 Å². The van der Waals surface area contributed by atoms with E-state index in [2.05, 4.69) is 25.6 Å². The normalized spacial score (nSPS) is 11.1. The largest absolute Gasteiger partial charge is 0.346 e. The van der Waals surface area contributed by atoms with Crippen LogP contribution in [0.1, 0.15) is 27.4 Å². The molecule has 4 aromatic rings. The highest BCUT2D eigenvalue weighted by Crippen LogP contribution is 2.15. The number of hydrogen-bond acceptors (Lipinski definition) is 4. The molecule has 3 N–H and O–H groups in total. The molecule has 0 unspecified atom stereocenters. The van der Waals surface area contributed by atoms with Gasteiger partial charge in [0.05, 0.1) is 17.8 Å². The first kappa shape index (κ1) is 21.6. The van der Waals surface area contributed by atoms with Crippen LogP contribution in [0.3, 0.4) is 0 Å². The van der Waals surface area contributed by atoms with Gasteiger partial charge in [0.15, 0.2) is 5.82 Å². The van der Waals surface area contributed by atoms with Crippen molar-refractivity contribution in [2.45, 2.75) is 19.4 Å². The fourth-order valence-corrected chi connectivity index (χ4v) is 3.41. The molecule has 0 radical (unpaired) electrons.